The molecule has 1 aromatic rings. The van der Waals surface area contributed by atoms with Gasteiger partial charge in [-0.15, -0.1) is 11.3 Å². The molecular formula is C7H8BrNO3S. The van der Waals surface area contributed by atoms with Crippen molar-refractivity contribution in [2.45, 2.75) is 13.0 Å². The lowest BCUT2D eigenvalue weighted by atomic mass is 10.4. The number of carbonyl (C=O) groups excluding carboxylic acids is 1. The second-order valence-corrected chi connectivity index (χ2v) is 3.87. The number of carbonyl (C=O) groups is 1. The van der Waals surface area contributed by atoms with Crippen LogP contribution in [-0.2, 0) is 9.53 Å². The van der Waals surface area contributed by atoms with E-state index in [1.165, 1.54) is 11.3 Å². The van der Waals surface area contributed by atoms with Crippen molar-refractivity contribution in [3.63, 3.8) is 0 Å². The summed E-state index contributed by atoms with van der Waals surface area (Å²) in [5, 5.41) is 11.4. The zero-order valence-corrected chi connectivity index (χ0v) is 9.26. The molecule has 0 fully saturated rings. The molecule has 0 aliphatic heterocycles. The van der Waals surface area contributed by atoms with Gasteiger partial charge in [-0.25, -0.2) is 9.78 Å². The van der Waals surface area contributed by atoms with Gasteiger partial charge < -0.3 is 9.84 Å². The molecule has 1 rings (SSSR count). The van der Waals surface area contributed by atoms with Crippen LogP contribution in [0.15, 0.2) is 9.98 Å². The third-order valence-electron chi connectivity index (χ3n) is 1.24. The van der Waals surface area contributed by atoms with E-state index in [1.54, 1.807) is 12.3 Å². The highest BCUT2D eigenvalue weighted by atomic mass is 79.9. The van der Waals surface area contributed by atoms with Crippen LogP contribution in [0.4, 0.5) is 0 Å². The molecule has 1 unspecified atom stereocenters. The van der Waals surface area contributed by atoms with Gasteiger partial charge in [0.05, 0.1) is 6.61 Å². The van der Waals surface area contributed by atoms with Crippen molar-refractivity contribution in [1.29, 1.82) is 0 Å². The lowest BCUT2D eigenvalue weighted by molar-refractivity contribution is -0.153. The number of nitrogens with zero attached hydrogens (tertiary/aromatic N) is 1. The summed E-state index contributed by atoms with van der Waals surface area (Å²) in [5.74, 6) is -0.663. The summed E-state index contributed by atoms with van der Waals surface area (Å²) >= 11 is 4.33. The van der Waals surface area contributed by atoms with Gasteiger partial charge in [-0.05, 0) is 22.9 Å². The molecule has 6 heteroatoms. The lowest BCUT2D eigenvalue weighted by Crippen LogP contribution is -2.15. The number of esters is 1. The van der Waals surface area contributed by atoms with Crippen molar-refractivity contribution in [3.8, 4) is 0 Å². The van der Waals surface area contributed by atoms with Crippen LogP contribution >= 0.6 is 27.3 Å². The van der Waals surface area contributed by atoms with Crippen LogP contribution in [0.25, 0.3) is 0 Å². The predicted molar refractivity (Wildman–Crippen MR) is 51.4 cm³/mol. The highest BCUT2D eigenvalue weighted by molar-refractivity contribution is 9.10. The summed E-state index contributed by atoms with van der Waals surface area (Å²) in [5.41, 5.74) is 0. The molecule has 0 saturated carbocycles. The highest BCUT2D eigenvalue weighted by Gasteiger charge is 2.21. The Balaban J connectivity index is 2.67. The van der Waals surface area contributed by atoms with Crippen LogP contribution in [0.3, 0.4) is 0 Å². The molecule has 4 nitrogen and oxygen atoms in total. The van der Waals surface area contributed by atoms with E-state index in [9.17, 15) is 9.90 Å². The number of ether oxygens (including phenoxy) is 1. The van der Waals surface area contributed by atoms with Crippen LogP contribution in [0.1, 0.15) is 18.0 Å². The van der Waals surface area contributed by atoms with Crippen LogP contribution < -0.4 is 0 Å². The first kappa shape index (κ1) is 10.6. The minimum atomic E-state index is -1.27. The molecule has 1 N–H and O–H groups in total. The molecule has 0 saturated heterocycles. The van der Waals surface area contributed by atoms with Crippen LogP contribution in [0, 0.1) is 0 Å². The fourth-order valence-corrected chi connectivity index (χ4v) is 1.95. The second kappa shape index (κ2) is 4.69. The zero-order valence-electron chi connectivity index (χ0n) is 6.86. The number of rotatable bonds is 3. The van der Waals surface area contributed by atoms with E-state index in [4.69, 9.17) is 0 Å². The van der Waals surface area contributed by atoms with E-state index in [-0.39, 0.29) is 6.61 Å². The Labute approximate surface area is 87.7 Å². The maximum Gasteiger partial charge on any atom is 0.342 e. The number of hydrogen-bond acceptors (Lipinski definition) is 5. The third kappa shape index (κ3) is 2.75. The standard InChI is InChI=1S/C7H8BrNO3S/c1-2-12-7(11)5(10)6-9-4(8)3-13-6/h3,5,10H,2H2,1H3. The topological polar surface area (TPSA) is 59.4 Å². The summed E-state index contributed by atoms with van der Waals surface area (Å²) in [6.07, 6.45) is -1.27. The first-order chi connectivity index (χ1) is 6.15. The Kier molecular flexibility index (Phi) is 3.83. The monoisotopic (exact) mass is 265 g/mol. The fourth-order valence-electron chi connectivity index (χ4n) is 0.715. The average molecular weight is 266 g/mol. The molecule has 0 amide bonds. The molecule has 72 valence electrons. The maximum atomic E-state index is 11.0. The van der Waals surface area contributed by atoms with Gasteiger partial charge in [0, 0.05) is 5.38 Å². The Bertz CT molecular complexity index is 302. The summed E-state index contributed by atoms with van der Waals surface area (Å²) in [6.45, 7) is 1.94. The minimum Gasteiger partial charge on any atom is -0.464 e. The van der Waals surface area contributed by atoms with Gasteiger partial charge in [-0.2, -0.15) is 0 Å². The fraction of sp³-hybridized carbons (Fsp3) is 0.429. The Hall–Kier alpha value is -0.460. The number of hydrogen-bond donors (Lipinski definition) is 1. The van der Waals surface area contributed by atoms with Gasteiger partial charge in [0.1, 0.15) is 9.61 Å². The predicted octanol–water partition coefficient (Wildman–Crippen LogP) is 1.50. The number of aliphatic hydroxyl groups is 1. The molecule has 1 aromatic heterocycles. The van der Waals surface area contributed by atoms with E-state index in [0.29, 0.717) is 9.61 Å². The molecule has 0 aliphatic rings. The number of halogens is 1. The summed E-state index contributed by atoms with van der Waals surface area (Å²) in [4.78, 5) is 14.9. The SMILES string of the molecule is CCOC(=O)C(O)c1nc(Br)cs1. The van der Waals surface area contributed by atoms with Crippen molar-refractivity contribution in [2.24, 2.45) is 0 Å². The molecule has 0 spiro atoms. The number of thiazole rings is 1. The first-order valence-corrected chi connectivity index (χ1v) is 5.28. The number of aromatic nitrogens is 1. The Morgan fingerprint density at radius 3 is 3.08 bits per heavy atom. The largest absolute Gasteiger partial charge is 0.464 e. The van der Waals surface area contributed by atoms with Crippen molar-refractivity contribution in [1.82, 2.24) is 4.98 Å². The van der Waals surface area contributed by atoms with Crippen molar-refractivity contribution in [2.75, 3.05) is 6.61 Å². The van der Waals surface area contributed by atoms with E-state index in [2.05, 4.69) is 25.7 Å². The number of aliphatic hydroxyl groups excluding tert-OH is 1. The molecule has 13 heavy (non-hydrogen) atoms. The second-order valence-electron chi connectivity index (χ2n) is 2.16. The Morgan fingerprint density at radius 1 is 1.92 bits per heavy atom. The Morgan fingerprint density at radius 2 is 2.62 bits per heavy atom. The van der Waals surface area contributed by atoms with Gasteiger partial charge in [-0.3, -0.25) is 0 Å². The third-order valence-corrected chi connectivity index (χ3v) is 2.84. The summed E-state index contributed by atoms with van der Waals surface area (Å²) in [6, 6.07) is 0. The molecule has 0 aromatic carbocycles. The van der Waals surface area contributed by atoms with Crippen molar-refractivity contribution < 1.29 is 14.6 Å². The van der Waals surface area contributed by atoms with E-state index < -0.39 is 12.1 Å². The van der Waals surface area contributed by atoms with Crippen LogP contribution in [-0.4, -0.2) is 22.7 Å². The van der Waals surface area contributed by atoms with Crippen molar-refractivity contribution in [3.05, 3.63) is 15.0 Å². The molecule has 0 aliphatic carbocycles. The summed E-state index contributed by atoms with van der Waals surface area (Å²) in [7, 11) is 0. The van der Waals surface area contributed by atoms with E-state index in [0.717, 1.165) is 0 Å². The maximum absolute atomic E-state index is 11.0. The molecule has 1 atom stereocenters. The van der Waals surface area contributed by atoms with Crippen molar-refractivity contribution >= 4 is 33.2 Å². The van der Waals surface area contributed by atoms with Gasteiger partial charge >= 0.3 is 5.97 Å². The average Bonchev–Trinajstić information content (AvgIpc) is 2.51. The van der Waals surface area contributed by atoms with Crippen LogP contribution in [0.5, 0.6) is 0 Å². The van der Waals surface area contributed by atoms with E-state index >= 15 is 0 Å². The van der Waals surface area contributed by atoms with Crippen LogP contribution in [0.2, 0.25) is 0 Å². The lowest BCUT2D eigenvalue weighted by Gasteiger charge is -2.05. The molecule has 0 radical (unpaired) electrons. The van der Waals surface area contributed by atoms with Gasteiger partial charge in [-0.1, -0.05) is 0 Å². The highest BCUT2D eigenvalue weighted by Crippen LogP contribution is 2.21. The zero-order chi connectivity index (χ0) is 9.84. The first-order valence-electron chi connectivity index (χ1n) is 3.60. The minimum absolute atomic E-state index is 0.252. The smallest absolute Gasteiger partial charge is 0.342 e. The van der Waals surface area contributed by atoms with Gasteiger partial charge in [0.25, 0.3) is 0 Å². The normalized spacial score (nSPS) is 12.5. The van der Waals surface area contributed by atoms with Gasteiger partial charge in [0.15, 0.2) is 0 Å². The quantitative estimate of drug-likeness (QED) is 0.842. The molecular weight excluding hydrogens is 258 g/mol. The van der Waals surface area contributed by atoms with Gasteiger partial charge in [0.2, 0.25) is 6.10 Å². The summed E-state index contributed by atoms with van der Waals surface area (Å²) < 4.78 is 5.24. The molecule has 0 bridgehead atoms. The molecule has 1 heterocycles. The van der Waals surface area contributed by atoms with E-state index in [1.807, 2.05) is 0 Å².